The van der Waals surface area contributed by atoms with Gasteiger partial charge in [-0.25, -0.2) is 18.4 Å². The van der Waals surface area contributed by atoms with Crippen LogP contribution in [-0.2, 0) is 19.6 Å². The lowest BCUT2D eigenvalue weighted by Gasteiger charge is -2.08. The van der Waals surface area contributed by atoms with E-state index in [-0.39, 0.29) is 15.6 Å². The van der Waals surface area contributed by atoms with E-state index in [4.69, 9.17) is 44.7 Å². The van der Waals surface area contributed by atoms with E-state index in [1.165, 1.54) is 30.3 Å². The molecule has 11 heteroatoms. The lowest BCUT2D eigenvalue weighted by Crippen LogP contribution is -2.21. The number of ether oxygens (including phenoxy) is 1. The second kappa shape index (κ2) is 8.24. The molecule has 1 amide bonds. The second-order valence-electron chi connectivity index (χ2n) is 4.94. The number of sulfonamides is 1. The molecule has 0 saturated heterocycles. The summed E-state index contributed by atoms with van der Waals surface area (Å²) in [5, 5.41) is 7.91. The van der Waals surface area contributed by atoms with Gasteiger partial charge in [0.1, 0.15) is 4.90 Å². The number of anilines is 1. The Bertz CT molecular complexity index is 979. The highest BCUT2D eigenvalue weighted by atomic mass is 35.5. The van der Waals surface area contributed by atoms with Crippen LogP contribution in [0.15, 0.2) is 41.3 Å². The third kappa shape index (κ3) is 5.33. The molecule has 0 aliphatic rings. The van der Waals surface area contributed by atoms with Crippen molar-refractivity contribution in [3.63, 3.8) is 0 Å². The number of amides is 1. The van der Waals surface area contributed by atoms with Gasteiger partial charge in [-0.15, -0.1) is 0 Å². The molecule has 2 aromatic carbocycles. The first-order chi connectivity index (χ1) is 12.1. The molecular weight excluding hydrogens is 427 g/mol. The van der Waals surface area contributed by atoms with Crippen molar-refractivity contribution in [3.8, 4) is 0 Å². The average molecular weight is 438 g/mol. The largest absolute Gasteiger partial charge is 0.452 e. The van der Waals surface area contributed by atoms with Crippen LogP contribution >= 0.6 is 34.8 Å². The van der Waals surface area contributed by atoms with Gasteiger partial charge in [-0.05, 0) is 36.4 Å². The molecule has 0 spiro atoms. The van der Waals surface area contributed by atoms with Crippen LogP contribution in [-0.4, -0.2) is 26.9 Å². The number of primary sulfonamides is 1. The van der Waals surface area contributed by atoms with Crippen LogP contribution in [0.25, 0.3) is 0 Å². The fourth-order valence-electron chi connectivity index (χ4n) is 1.83. The highest BCUT2D eigenvalue weighted by molar-refractivity contribution is 7.89. The molecule has 0 unspecified atom stereocenters. The lowest BCUT2D eigenvalue weighted by molar-refractivity contribution is -0.119. The maximum Gasteiger partial charge on any atom is 0.338 e. The minimum absolute atomic E-state index is 0.124. The Morgan fingerprint density at radius 2 is 1.65 bits per heavy atom. The van der Waals surface area contributed by atoms with Crippen molar-refractivity contribution in [2.24, 2.45) is 5.14 Å². The predicted molar refractivity (Wildman–Crippen MR) is 98.2 cm³/mol. The molecule has 0 aromatic heterocycles. The molecule has 0 radical (unpaired) electrons. The molecule has 7 nitrogen and oxygen atoms in total. The van der Waals surface area contributed by atoms with Gasteiger partial charge in [0.2, 0.25) is 10.0 Å². The first kappa shape index (κ1) is 20.5. The standard InChI is InChI=1S/C15H11Cl3N2O5S/c16-10-4-2-9(6-12(10)18)20-14(21)7-25-15(22)8-1-3-11(17)13(5-8)26(19,23)24/h1-6H,7H2,(H,20,21)(H2,19,23,24). The zero-order valence-electron chi connectivity index (χ0n) is 12.8. The van der Waals surface area contributed by atoms with Crippen LogP contribution in [0, 0.1) is 0 Å². The Morgan fingerprint density at radius 1 is 1.00 bits per heavy atom. The number of halogens is 3. The van der Waals surface area contributed by atoms with Gasteiger partial charge in [0.25, 0.3) is 5.91 Å². The minimum Gasteiger partial charge on any atom is -0.452 e. The Kier molecular flexibility index (Phi) is 6.48. The van der Waals surface area contributed by atoms with Gasteiger partial charge in [-0.2, -0.15) is 0 Å². The van der Waals surface area contributed by atoms with Crippen LogP contribution < -0.4 is 10.5 Å². The number of carbonyl (C=O) groups excluding carboxylic acids is 2. The number of hydrogen-bond acceptors (Lipinski definition) is 5. The van der Waals surface area contributed by atoms with E-state index in [0.29, 0.717) is 10.7 Å². The number of carbonyl (C=O) groups is 2. The number of rotatable bonds is 5. The molecular formula is C15H11Cl3N2O5S. The third-order valence-electron chi connectivity index (χ3n) is 3.01. The highest BCUT2D eigenvalue weighted by Gasteiger charge is 2.18. The minimum atomic E-state index is -4.11. The van der Waals surface area contributed by atoms with Gasteiger partial charge in [0.15, 0.2) is 6.61 Å². The van der Waals surface area contributed by atoms with Crippen LogP contribution in [0.1, 0.15) is 10.4 Å². The van der Waals surface area contributed by atoms with Gasteiger partial charge in [0, 0.05) is 5.69 Å². The molecule has 0 aliphatic carbocycles. The maximum atomic E-state index is 12.0. The van der Waals surface area contributed by atoms with E-state index in [2.05, 4.69) is 5.32 Å². The predicted octanol–water partition coefficient (Wildman–Crippen LogP) is 3.09. The number of nitrogens with one attached hydrogen (secondary N) is 1. The third-order valence-corrected chi connectivity index (χ3v) is 5.14. The fraction of sp³-hybridized carbons (Fsp3) is 0.0667. The molecule has 0 fully saturated rings. The van der Waals surface area contributed by atoms with Crippen molar-refractivity contribution in [2.75, 3.05) is 11.9 Å². The Hall–Kier alpha value is -1.84. The second-order valence-corrected chi connectivity index (χ2v) is 7.69. The van der Waals surface area contributed by atoms with Crippen LogP contribution in [0.3, 0.4) is 0 Å². The van der Waals surface area contributed by atoms with Gasteiger partial charge < -0.3 is 10.1 Å². The van der Waals surface area contributed by atoms with Crippen molar-refractivity contribution in [1.82, 2.24) is 0 Å². The van der Waals surface area contributed by atoms with Crippen molar-refractivity contribution in [3.05, 3.63) is 57.0 Å². The summed E-state index contributed by atoms with van der Waals surface area (Å²) < 4.78 is 27.6. The van der Waals surface area contributed by atoms with Crippen molar-refractivity contribution in [2.45, 2.75) is 4.90 Å². The molecule has 0 aliphatic heterocycles. The average Bonchev–Trinajstić information content (AvgIpc) is 2.55. The van der Waals surface area contributed by atoms with Gasteiger partial charge in [0.05, 0.1) is 20.6 Å². The Morgan fingerprint density at radius 3 is 2.27 bits per heavy atom. The molecule has 0 bridgehead atoms. The summed E-state index contributed by atoms with van der Waals surface area (Å²) >= 11 is 17.3. The smallest absolute Gasteiger partial charge is 0.338 e. The molecule has 0 heterocycles. The summed E-state index contributed by atoms with van der Waals surface area (Å²) in [5.41, 5.74) is 0.240. The quantitative estimate of drug-likeness (QED) is 0.697. The van der Waals surface area contributed by atoms with E-state index >= 15 is 0 Å². The summed E-state index contributed by atoms with van der Waals surface area (Å²) in [6.45, 7) is -0.605. The number of esters is 1. The summed E-state index contributed by atoms with van der Waals surface area (Å²) in [4.78, 5) is 23.4. The number of nitrogens with two attached hydrogens (primary N) is 1. The zero-order valence-corrected chi connectivity index (χ0v) is 15.9. The monoisotopic (exact) mass is 436 g/mol. The molecule has 3 N–H and O–H groups in total. The maximum absolute atomic E-state index is 12.0. The van der Waals surface area contributed by atoms with E-state index in [0.717, 1.165) is 6.07 Å². The fourth-order valence-corrected chi connectivity index (χ4v) is 3.20. The summed E-state index contributed by atoms with van der Waals surface area (Å²) in [6, 6.07) is 7.85. The summed E-state index contributed by atoms with van der Waals surface area (Å²) in [6.07, 6.45) is 0. The van der Waals surface area contributed by atoms with E-state index < -0.39 is 33.4 Å². The zero-order chi connectivity index (χ0) is 19.5. The lowest BCUT2D eigenvalue weighted by atomic mass is 10.2. The molecule has 138 valence electrons. The van der Waals surface area contributed by atoms with Crippen LogP contribution in [0.5, 0.6) is 0 Å². The van der Waals surface area contributed by atoms with E-state index in [9.17, 15) is 18.0 Å². The van der Waals surface area contributed by atoms with E-state index in [1.54, 1.807) is 0 Å². The molecule has 2 rings (SSSR count). The normalized spacial score (nSPS) is 11.1. The van der Waals surface area contributed by atoms with Crippen LogP contribution in [0.2, 0.25) is 15.1 Å². The summed E-state index contributed by atoms with van der Waals surface area (Å²) in [7, 11) is -4.11. The first-order valence-electron chi connectivity index (χ1n) is 6.82. The Balaban J connectivity index is 2.02. The first-order valence-corrected chi connectivity index (χ1v) is 9.50. The van der Waals surface area contributed by atoms with Gasteiger partial charge in [-0.1, -0.05) is 34.8 Å². The Labute approximate surface area is 164 Å². The van der Waals surface area contributed by atoms with Gasteiger partial charge >= 0.3 is 5.97 Å². The molecule has 26 heavy (non-hydrogen) atoms. The highest BCUT2D eigenvalue weighted by Crippen LogP contribution is 2.25. The summed E-state index contributed by atoms with van der Waals surface area (Å²) in [5.74, 6) is -1.55. The molecule has 2 aromatic rings. The van der Waals surface area contributed by atoms with Crippen LogP contribution in [0.4, 0.5) is 5.69 Å². The van der Waals surface area contributed by atoms with Crippen molar-refractivity contribution >= 4 is 62.4 Å². The van der Waals surface area contributed by atoms with Crippen molar-refractivity contribution in [1.29, 1.82) is 0 Å². The topological polar surface area (TPSA) is 116 Å². The number of hydrogen-bond donors (Lipinski definition) is 2. The molecule has 0 atom stereocenters. The van der Waals surface area contributed by atoms with Gasteiger partial charge in [-0.3, -0.25) is 4.79 Å². The number of benzene rings is 2. The SMILES string of the molecule is NS(=O)(=O)c1cc(C(=O)OCC(=O)Nc2ccc(Cl)c(Cl)c2)ccc1Cl. The molecule has 0 saturated carbocycles. The van der Waals surface area contributed by atoms with E-state index in [1.807, 2.05) is 0 Å². The van der Waals surface area contributed by atoms with Crippen molar-refractivity contribution < 1.29 is 22.7 Å².